The molecule has 2 N–H and O–H groups in total. The molecule has 1 fully saturated rings. The van der Waals surface area contributed by atoms with Gasteiger partial charge in [-0.3, -0.25) is 9.48 Å². The lowest BCUT2D eigenvalue weighted by Gasteiger charge is -2.33. The van der Waals surface area contributed by atoms with E-state index < -0.39 is 0 Å². The van der Waals surface area contributed by atoms with Crippen molar-refractivity contribution < 1.29 is 4.79 Å². The van der Waals surface area contributed by atoms with Gasteiger partial charge in [-0.15, -0.1) is 0 Å². The van der Waals surface area contributed by atoms with Crippen molar-refractivity contribution in [1.82, 2.24) is 20.0 Å². The van der Waals surface area contributed by atoms with Gasteiger partial charge in [0.05, 0.1) is 6.54 Å². The van der Waals surface area contributed by atoms with E-state index in [1.807, 2.05) is 24.3 Å². The molecule has 2 aromatic rings. The summed E-state index contributed by atoms with van der Waals surface area (Å²) in [5.74, 6) is 1.67. The number of carbonyl (C=O) groups excluding carboxylic acids is 1. The summed E-state index contributed by atoms with van der Waals surface area (Å²) >= 11 is 0. The monoisotopic (exact) mass is 382 g/mol. The third-order valence-corrected chi connectivity index (χ3v) is 4.90. The largest absolute Gasteiger partial charge is 0.357 e. The van der Waals surface area contributed by atoms with Crippen molar-refractivity contribution in [2.45, 2.75) is 39.8 Å². The van der Waals surface area contributed by atoms with Crippen LogP contribution in [0.15, 0.2) is 47.7 Å². The zero-order valence-corrected chi connectivity index (χ0v) is 16.8. The summed E-state index contributed by atoms with van der Waals surface area (Å²) in [6.45, 7) is 8.15. The van der Waals surface area contributed by atoms with Gasteiger partial charge < -0.3 is 15.5 Å². The smallest absolute Gasteiger partial charge is 0.246 e. The number of benzene rings is 1. The van der Waals surface area contributed by atoms with E-state index in [1.165, 1.54) is 12.8 Å². The van der Waals surface area contributed by atoms with Crippen molar-refractivity contribution in [3.63, 3.8) is 0 Å². The van der Waals surface area contributed by atoms with Crippen LogP contribution in [-0.2, 0) is 17.9 Å². The lowest BCUT2D eigenvalue weighted by molar-refractivity contribution is -0.116. The summed E-state index contributed by atoms with van der Waals surface area (Å²) in [7, 11) is 0. The summed E-state index contributed by atoms with van der Waals surface area (Å²) < 4.78 is 1.60. The number of carbonyl (C=O) groups is 1. The van der Waals surface area contributed by atoms with Crippen molar-refractivity contribution in [2.75, 3.05) is 25.0 Å². The van der Waals surface area contributed by atoms with Gasteiger partial charge in [0.25, 0.3) is 0 Å². The van der Waals surface area contributed by atoms with Crippen LogP contribution in [0, 0.1) is 5.92 Å². The first-order valence-corrected chi connectivity index (χ1v) is 10.0. The van der Waals surface area contributed by atoms with E-state index in [-0.39, 0.29) is 12.5 Å². The third kappa shape index (κ3) is 5.84. The molecule has 0 spiro atoms. The van der Waals surface area contributed by atoms with Crippen molar-refractivity contribution >= 4 is 17.6 Å². The number of hydrogen-bond acceptors (Lipinski definition) is 3. The molecule has 1 aliphatic rings. The molecule has 1 amide bonds. The van der Waals surface area contributed by atoms with Crippen LogP contribution in [-0.4, -0.2) is 46.2 Å². The topological polar surface area (TPSA) is 74.5 Å². The van der Waals surface area contributed by atoms with Crippen LogP contribution >= 0.6 is 0 Å². The molecule has 1 saturated heterocycles. The maximum atomic E-state index is 12.2. The molecule has 0 saturated carbocycles. The second-order valence-corrected chi connectivity index (χ2v) is 7.29. The fraction of sp³-hybridized carbons (Fsp3) is 0.476. The average molecular weight is 383 g/mol. The van der Waals surface area contributed by atoms with Crippen LogP contribution in [0.3, 0.4) is 0 Å². The van der Waals surface area contributed by atoms with Gasteiger partial charge >= 0.3 is 0 Å². The molecule has 0 bridgehead atoms. The molecule has 0 aliphatic carbocycles. The van der Waals surface area contributed by atoms with Gasteiger partial charge in [-0.2, -0.15) is 5.10 Å². The molecule has 7 nitrogen and oxygen atoms in total. The molecule has 0 atom stereocenters. The second-order valence-electron chi connectivity index (χ2n) is 7.29. The summed E-state index contributed by atoms with van der Waals surface area (Å²) in [6.07, 6.45) is 5.86. The van der Waals surface area contributed by atoms with Crippen LogP contribution in [0.2, 0.25) is 0 Å². The maximum absolute atomic E-state index is 12.2. The molecule has 0 radical (unpaired) electrons. The van der Waals surface area contributed by atoms with Crippen molar-refractivity contribution in [1.29, 1.82) is 0 Å². The maximum Gasteiger partial charge on any atom is 0.246 e. The van der Waals surface area contributed by atoms with Crippen LogP contribution in [0.5, 0.6) is 0 Å². The predicted octanol–water partition coefficient (Wildman–Crippen LogP) is 2.72. The van der Waals surface area contributed by atoms with E-state index in [2.05, 4.69) is 34.5 Å². The quantitative estimate of drug-likeness (QED) is 0.595. The Morgan fingerprint density at radius 1 is 1.29 bits per heavy atom. The van der Waals surface area contributed by atoms with Gasteiger partial charge in [-0.05, 0) is 49.4 Å². The molecular formula is C21H30N6O. The second kappa shape index (κ2) is 9.92. The zero-order valence-electron chi connectivity index (χ0n) is 16.8. The Hall–Kier alpha value is -2.83. The molecule has 1 aromatic heterocycles. The van der Waals surface area contributed by atoms with Gasteiger partial charge in [-0.1, -0.05) is 19.1 Å². The molecular weight excluding hydrogens is 352 g/mol. The summed E-state index contributed by atoms with van der Waals surface area (Å²) in [4.78, 5) is 19.3. The van der Waals surface area contributed by atoms with Crippen molar-refractivity contribution in [3.05, 3.63) is 48.3 Å². The minimum atomic E-state index is -0.0971. The highest BCUT2D eigenvalue weighted by atomic mass is 16.2. The van der Waals surface area contributed by atoms with E-state index in [0.29, 0.717) is 6.54 Å². The zero-order chi connectivity index (χ0) is 19.8. The van der Waals surface area contributed by atoms with E-state index in [0.717, 1.165) is 42.8 Å². The Labute approximate surface area is 166 Å². The number of rotatable bonds is 6. The number of amides is 1. The summed E-state index contributed by atoms with van der Waals surface area (Å²) in [5, 5.41) is 10.4. The Morgan fingerprint density at radius 3 is 2.82 bits per heavy atom. The van der Waals surface area contributed by atoms with Crippen LogP contribution in [0.1, 0.15) is 32.3 Å². The van der Waals surface area contributed by atoms with Gasteiger partial charge in [0, 0.05) is 37.7 Å². The van der Waals surface area contributed by atoms with Crippen LogP contribution < -0.4 is 10.6 Å². The van der Waals surface area contributed by atoms with E-state index >= 15 is 0 Å². The molecule has 1 aliphatic heterocycles. The lowest BCUT2D eigenvalue weighted by Crippen LogP contribution is -2.45. The first-order chi connectivity index (χ1) is 13.6. The Kier molecular flexibility index (Phi) is 7.06. The molecule has 28 heavy (non-hydrogen) atoms. The number of aromatic nitrogens is 2. The molecule has 3 rings (SSSR count). The lowest BCUT2D eigenvalue weighted by atomic mass is 10.00. The average Bonchev–Trinajstić information content (AvgIpc) is 3.19. The number of nitrogens with zero attached hydrogens (tertiary/aromatic N) is 4. The third-order valence-electron chi connectivity index (χ3n) is 4.90. The standard InChI is InChI=1S/C21H30N6O/c1-3-22-21(26-12-8-17(2)9-13-26)23-15-18-6-4-7-19(14-18)25-20(28)16-27-11-5-10-24-27/h4-7,10-11,14,17H,3,8-9,12-13,15-16H2,1-2H3,(H,22,23)(H,25,28). The first kappa shape index (κ1) is 19.9. The van der Waals surface area contributed by atoms with E-state index in [9.17, 15) is 4.79 Å². The molecule has 1 aromatic carbocycles. The SMILES string of the molecule is CCNC(=NCc1cccc(NC(=O)Cn2cccn2)c1)N1CCC(C)CC1. The van der Waals surface area contributed by atoms with Gasteiger partial charge in [0.1, 0.15) is 6.54 Å². The fourth-order valence-electron chi connectivity index (χ4n) is 3.30. The highest BCUT2D eigenvalue weighted by molar-refractivity contribution is 5.90. The van der Waals surface area contributed by atoms with E-state index in [4.69, 9.17) is 4.99 Å². The first-order valence-electron chi connectivity index (χ1n) is 10.0. The normalized spacial score (nSPS) is 15.5. The molecule has 150 valence electrons. The number of guanidine groups is 1. The summed E-state index contributed by atoms with van der Waals surface area (Å²) in [5.41, 5.74) is 1.85. The number of anilines is 1. The highest BCUT2D eigenvalue weighted by Crippen LogP contribution is 2.17. The van der Waals surface area contributed by atoms with Gasteiger partial charge in [-0.25, -0.2) is 4.99 Å². The Morgan fingerprint density at radius 2 is 2.11 bits per heavy atom. The van der Waals surface area contributed by atoms with Gasteiger partial charge in [0.15, 0.2) is 5.96 Å². The Balaban J connectivity index is 1.60. The van der Waals surface area contributed by atoms with Crippen LogP contribution in [0.25, 0.3) is 0 Å². The number of piperidine rings is 1. The highest BCUT2D eigenvalue weighted by Gasteiger charge is 2.18. The molecule has 7 heteroatoms. The molecule has 0 unspecified atom stereocenters. The fourth-order valence-corrected chi connectivity index (χ4v) is 3.30. The minimum absolute atomic E-state index is 0.0971. The van der Waals surface area contributed by atoms with Crippen molar-refractivity contribution in [2.24, 2.45) is 10.9 Å². The number of aliphatic imine (C=N–C) groups is 1. The Bertz CT molecular complexity index is 778. The van der Waals surface area contributed by atoms with Crippen molar-refractivity contribution in [3.8, 4) is 0 Å². The van der Waals surface area contributed by atoms with E-state index in [1.54, 1.807) is 23.1 Å². The number of hydrogen-bond donors (Lipinski definition) is 2. The summed E-state index contributed by atoms with van der Waals surface area (Å²) in [6, 6.07) is 9.66. The van der Waals surface area contributed by atoms with Crippen LogP contribution in [0.4, 0.5) is 5.69 Å². The predicted molar refractivity (Wildman–Crippen MR) is 112 cm³/mol. The van der Waals surface area contributed by atoms with Gasteiger partial charge in [0.2, 0.25) is 5.91 Å². The number of nitrogens with one attached hydrogen (secondary N) is 2. The molecule has 2 heterocycles. The minimum Gasteiger partial charge on any atom is -0.357 e. The number of likely N-dealkylation sites (tertiary alicyclic amines) is 1.